The summed E-state index contributed by atoms with van der Waals surface area (Å²) in [5, 5.41) is 2.50. The molecule has 1 heterocycles. The topological polar surface area (TPSA) is 46.2 Å². The van der Waals surface area contributed by atoms with Gasteiger partial charge >= 0.3 is 0 Å². The van der Waals surface area contributed by atoms with Crippen LogP contribution in [0.25, 0.3) is 0 Å². The molecule has 1 atom stereocenters. The van der Waals surface area contributed by atoms with E-state index in [2.05, 4.69) is 26.1 Å². The molecular weight excluding hydrogens is 202 g/mol. The Bertz CT molecular complexity index is 325. The lowest BCUT2D eigenvalue weighted by molar-refractivity contribution is -0.150. The molecule has 1 aliphatic heterocycles. The second-order valence-electron chi connectivity index (χ2n) is 7.14. The zero-order valence-corrected chi connectivity index (χ0v) is 11.2. The highest BCUT2D eigenvalue weighted by atomic mass is 16.2. The molecule has 1 fully saturated rings. The van der Waals surface area contributed by atoms with Crippen LogP contribution in [0.5, 0.6) is 0 Å². The Labute approximate surface area is 98.0 Å². The summed E-state index contributed by atoms with van der Waals surface area (Å²) in [6, 6.07) is 0. The maximum Gasteiger partial charge on any atom is 0.232 e. The number of nitrogens with one attached hydrogen (secondary N) is 1. The largest absolute Gasteiger partial charge is 0.296 e. The average Bonchev–Trinajstić information content (AvgIpc) is 1.96. The minimum absolute atomic E-state index is 0.0859. The average molecular weight is 225 g/mol. The number of hydrogen-bond donors (Lipinski definition) is 1. The number of rotatable bonds is 1. The summed E-state index contributed by atoms with van der Waals surface area (Å²) in [5.74, 6) is -0.268. The molecule has 0 bridgehead atoms. The van der Waals surface area contributed by atoms with Crippen LogP contribution in [0.15, 0.2) is 0 Å². The molecule has 92 valence electrons. The predicted molar refractivity (Wildman–Crippen MR) is 63.7 cm³/mol. The summed E-state index contributed by atoms with van der Waals surface area (Å²) in [6.45, 7) is 12.1. The van der Waals surface area contributed by atoms with E-state index in [4.69, 9.17) is 0 Å². The molecule has 1 saturated heterocycles. The number of amides is 2. The van der Waals surface area contributed by atoms with Crippen molar-refractivity contribution < 1.29 is 9.59 Å². The third-order valence-electron chi connectivity index (χ3n) is 3.14. The van der Waals surface area contributed by atoms with Crippen LogP contribution >= 0.6 is 0 Å². The number of piperidine rings is 1. The van der Waals surface area contributed by atoms with Crippen LogP contribution in [0, 0.1) is 16.2 Å². The molecule has 1 rings (SSSR count). The second kappa shape index (κ2) is 3.57. The first-order valence-corrected chi connectivity index (χ1v) is 5.82. The molecule has 0 aliphatic carbocycles. The first kappa shape index (κ1) is 13.2. The monoisotopic (exact) mass is 225 g/mol. The summed E-state index contributed by atoms with van der Waals surface area (Å²) < 4.78 is 0. The van der Waals surface area contributed by atoms with E-state index in [1.54, 1.807) is 0 Å². The molecule has 1 aliphatic rings. The minimum atomic E-state index is -0.450. The fraction of sp³-hybridized carbons (Fsp3) is 0.846. The predicted octanol–water partition coefficient (Wildman–Crippen LogP) is 2.50. The highest BCUT2D eigenvalue weighted by molar-refractivity contribution is 6.02. The van der Waals surface area contributed by atoms with Crippen LogP contribution in [0.1, 0.15) is 54.4 Å². The first-order valence-electron chi connectivity index (χ1n) is 5.82. The van der Waals surface area contributed by atoms with Crippen molar-refractivity contribution in [2.45, 2.75) is 54.4 Å². The fourth-order valence-electron chi connectivity index (χ4n) is 2.87. The van der Waals surface area contributed by atoms with E-state index in [1.165, 1.54) is 0 Å². The van der Waals surface area contributed by atoms with Gasteiger partial charge < -0.3 is 0 Å². The number of carbonyl (C=O) groups excluding carboxylic acids is 2. The van der Waals surface area contributed by atoms with Crippen LogP contribution in [0.4, 0.5) is 0 Å². The van der Waals surface area contributed by atoms with Gasteiger partial charge in [-0.3, -0.25) is 14.9 Å². The maximum absolute atomic E-state index is 12.0. The number of carbonyl (C=O) groups is 2. The Hall–Kier alpha value is -0.860. The fourth-order valence-corrected chi connectivity index (χ4v) is 2.87. The van der Waals surface area contributed by atoms with Crippen LogP contribution in [-0.4, -0.2) is 11.8 Å². The van der Waals surface area contributed by atoms with E-state index in [1.807, 2.05) is 20.8 Å². The van der Waals surface area contributed by atoms with Gasteiger partial charge in [0.2, 0.25) is 11.8 Å². The summed E-state index contributed by atoms with van der Waals surface area (Å²) in [4.78, 5) is 23.6. The van der Waals surface area contributed by atoms with Crippen molar-refractivity contribution in [3.8, 4) is 0 Å². The SMILES string of the molecule is CC(C)(C)CC1(C)CC(C)(C)C(=O)NC1=O. The molecule has 3 nitrogen and oxygen atoms in total. The molecule has 2 amide bonds. The lowest BCUT2D eigenvalue weighted by atomic mass is 9.64. The van der Waals surface area contributed by atoms with Crippen LogP contribution < -0.4 is 5.32 Å². The molecule has 0 radical (unpaired) electrons. The maximum atomic E-state index is 12.0. The van der Waals surface area contributed by atoms with Crippen molar-refractivity contribution in [2.24, 2.45) is 16.2 Å². The normalized spacial score (nSPS) is 30.1. The van der Waals surface area contributed by atoms with Gasteiger partial charge in [-0.15, -0.1) is 0 Å². The third-order valence-corrected chi connectivity index (χ3v) is 3.14. The van der Waals surface area contributed by atoms with Crippen molar-refractivity contribution in [2.75, 3.05) is 0 Å². The standard InChI is InChI=1S/C13H23NO2/c1-11(2,3)7-13(6)8-12(4,5)9(15)14-10(13)16/h7-8H2,1-6H3,(H,14,15,16). The van der Waals surface area contributed by atoms with Crippen LogP contribution in [0.3, 0.4) is 0 Å². The lowest BCUT2D eigenvalue weighted by Gasteiger charge is -2.43. The van der Waals surface area contributed by atoms with Crippen molar-refractivity contribution in [1.29, 1.82) is 0 Å². The van der Waals surface area contributed by atoms with E-state index >= 15 is 0 Å². The molecule has 16 heavy (non-hydrogen) atoms. The lowest BCUT2D eigenvalue weighted by Crippen LogP contribution is -2.56. The van der Waals surface area contributed by atoms with Gasteiger partial charge in [0, 0.05) is 10.8 Å². The van der Waals surface area contributed by atoms with Gasteiger partial charge in [-0.1, -0.05) is 41.5 Å². The number of hydrogen-bond acceptors (Lipinski definition) is 2. The Morgan fingerprint density at radius 3 is 2.06 bits per heavy atom. The van der Waals surface area contributed by atoms with E-state index in [0.29, 0.717) is 6.42 Å². The van der Waals surface area contributed by atoms with E-state index in [-0.39, 0.29) is 17.2 Å². The van der Waals surface area contributed by atoms with Crippen molar-refractivity contribution in [1.82, 2.24) is 5.32 Å². The van der Waals surface area contributed by atoms with Gasteiger partial charge in [0.25, 0.3) is 0 Å². The van der Waals surface area contributed by atoms with Crippen LogP contribution in [-0.2, 0) is 9.59 Å². The Balaban J connectivity index is 2.96. The Kier molecular flexibility index (Phi) is 2.95. The molecular formula is C13H23NO2. The zero-order valence-electron chi connectivity index (χ0n) is 11.2. The minimum Gasteiger partial charge on any atom is -0.296 e. The van der Waals surface area contributed by atoms with Crippen LogP contribution in [0.2, 0.25) is 0 Å². The van der Waals surface area contributed by atoms with Gasteiger partial charge in [-0.2, -0.15) is 0 Å². The third kappa shape index (κ3) is 2.63. The molecule has 0 saturated carbocycles. The summed E-state index contributed by atoms with van der Waals surface area (Å²) in [6.07, 6.45) is 1.42. The smallest absolute Gasteiger partial charge is 0.232 e. The highest BCUT2D eigenvalue weighted by Gasteiger charge is 2.49. The molecule has 0 spiro atoms. The van der Waals surface area contributed by atoms with Gasteiger partial charge in [0.1, 0.15) is 0 Å². The van der Waals surface area contributed by atoms with Crippen molar-refractivity contribution in [3.63, 3.8) is 0 Å². The second-order valence-corrected chi connectivity index (χ2v) is 7.14. The van der Waals surface area contributed by atoms with E-state index < -0.39 is 10.8 Å². The summed E-state index contributed by atoms with van der Waals surface area (Å²) >= 11 is 0. The Morgan fingerprint density at radius 2 is 1.62 bits per heavy atom. The number of imide groups is 1. The van der Waals surface area contributed by atoms with Gasteiger partial charge in [-0.25, -0.2) is 0 Å². The zero-order chi connectivity index (χ0) is 12.8. The Morgan fingerprint density at radius 1 is 1.12 bits per heavy atom. The molecule has 0 aromatic rings. The summed E-state index contributed by atoms with van der Waals surface area (Å²) in [7, 11) is 0. The van der Waals surface area contributed by atoms with Gasteiger partial charge in [0.15, 0.2) is 0 Å². The van der Waals surface area contributed by atoms with Gasteiger partial charge in [0.05, 0.1) is 0 Å². The first-order chi connectivity index (χ1) is 6.96. The highest BCUT2D eigenvalue weighted by Crippen LogP contribution is 2.44. The molecule has 1 unspecified atom stereocenters. The molecule has 1 N–H and O–H groups in total. The summed E-state index contributed by atoms with van der Waals surface area (Å²) in [5.41, 5.74) is -0.799. The quantitative estimate of drug-likeness (QED) is 0.697. The molecule has 3 heteroatoms. The van der Waals surface area contributed by atoms with Crippen molar-refractivity contribution >= 4 is 11.8 Å². The molecule has 0 aromatic carbocycles. The van der Waals surface area contributed by atoms with E-state index in [0.717, 1.165) is 6.42 Å². The molecule has 0 aromatic heterocycles. The van der Waals surface area contributed by atoms with E-state index in [9.17, 15) is 9.59 Å². The van der Waals surface area contributed by atoms with Crippen molar-refractivity contribution in [3.05, 3.63) is 0 Å². The van der Waals surface area contributed by atoms with Gasteiger partial charge in [-0.05, 0) is 18.3 Å².